The number of hydrogen-bond acceptors (Lipinski definition) is 6. The number of carbonyl (C=O) groups excluding carboxylic acids is 2. The number of carbonyl (C=O) groups is 2. The Morgan fingerprint density at radius 3 is 2.15 bits per heavy atom. The molecule has 0 aliphatic heterocycles. The Morgan fingerprint density at radius 2 is 1.61 bits per heavy atom. The number of thiophene rings is 1. The van der Waals surface area contributed by atoms with Crippen LogP contribution in [0.15, 0.2) is 59.5 Å². The summed E-state index contributed by atoms with van der Waals surface area (Å²) in [5.74, 6) is -2.11. The number of rotatable bonds is 8. The van der Waals surface area contributed by atoms with Crippen molar-refractivity contribution in [2.45, 2.75) is 17.9 Å². The Balaban J connectivity index is 1.89. The molecule has 3 aromatic rings. The van der Waals surface area contributed by atoms with Crippen molar-refractivity contribution in [2.24, 2.45) is 0 Å². The third-order valence-corrected chi connectivity index (χ3v) is 7.88. The van der Waals surface area contributed by atoms with Crippen LogP contribution in [-0.2, 0) is 10.0 Å². The highest BCUT2D eigenvalue weighted by atomic mass is 32.2. The van der Waals surface area contributed by atoms with Gasteiger partial charge in [0.15, 0.2) is 5.78 Å². The molecule has 0 aliphatic carbocycles. The van der Waals surface area contributed by atoms with Gasteiger partial charge >= 0.3 is 0 Å². The number of halogens is 2. The first kappa shape index (κ1) is 24.6. The lowest BCUT2D eigenvalue weighted by atomic mass is 10.1. The molecule has 0 saturated heterocycles. The van der Waals surface area contributed by atoms with Crippen molar-refractivity contribution >= 4 is 38.1 Å². The first-order valence-electron chi connectivity index (χ1n) is 9.60. The summed E-state index contributed by atoms with van der Waals surface area (Å²) in [4.78, 5) is 24.2. The molecule has 7 nitrogen and oxygen atoms in total. The highest BCUT2D eigenvalue weighted by Gasteiger charge is 2.30. The molecule has 1 amide bonds. The third kappa shape index (κ3) is 5.69. The summed E-state index contributed by atoms with van der Waals surface area (Å²) in [6.45, 7) is 0.903. The van der Waals surface area contributed by atoms with Gasteiger partial charge in [-0.3, -0.25) is 9.59 Å². The van der Waals surface area contributed by atoms with E-state index in [0.29, 0.717) is 5.56 Å². The maximum atomic E-state index is 13.2. The minimum absolute atomic E-state index is 0.0855. The number of aliphatic hydroxyl groups excluding tert-OH is 1. The first-order chi connectivity index (χ1) is 15.5. The predicted molar refractivity (Wildman–Crippen MR) is 120 cm³/mol. The van der Waals surface area contributed by atoms with Crippen LogP contribution in [0, 0.1) is 11.6 Å². The van der Waals surface area contributed by atoms with E-state index in [4.69, 9.17) is 0 Å². The molecule has 1 aromatic heterocycles. The molecule has 0 bridgehead atoms. The van der Waals surface area contributed by atoms with Gasteiger partial charge in [0, 0.05) is 19.2 Å². The second kappa shape index (κ2) is 9.87. The standard InChI is InChI=1S/C22H20F2N2O5S2/c1-13(27)19-11-20(22(32-19)25-21(29)15-5-9-17(24)10-6-15)33(30,31)26(2)12-18(28)14-3-7-16(23)8-4-14/h3-11,18,28H,12H2,1-2H3,(H,25,29). The lowest BCUT2D eigenvalue weighted by Gasteiger charge is -2.21. The molecule has 174 valence electrons. The van der Waals surface area contributed by atoms with Crippen LogP contribution in [0.1, 0.15) is 38.6 Å². The molecule has 0 fully saturated rings. The number of amides is 1. The second-order valence-corrected chi connectivity index (χ2v) is 10.2. The molecule has 1 heterocycles. The molecule has 0 spiro atoms. The van der Waals surface area contributed by atoms with Crippen molar-refractivity contribution in [3.05, 3.63) is 82.2 Å². The minimum atomic E-state index is -4.25. The normalized spacial score (nSPS) is 12.5. The zero-order valence-electron chi connectivity index (χ0n) is 17.6. The average Bonchev–Trinajstić information content (AvgIpc) is 3.19. The Hall–Kier alpha value is -2.99. The van der Waals surface area contributed by atoms with Gasteiger partial charge in [-0.1, -0.05) is 12.1 Å². The maximum Gasteiger partial charge on any atom is 0.256 e. The number of likely N-dealkylation sites (N-methyl/N-ethyl adjacent to an activating group) is 1. The molecule has 3 rings (SSSR count). The number of nitrogens with one attached hydrogen (secondary N) is 1. The topological polar surface area (TPSA) is 104 Å². The predicted octanol–water partition coefficient (Wildman–Crippen LogP) is 3.84. The van der Waals surface area contributed by atoms with Gasteiger partial charge in [0.25, 0.3) is 5.91 Å². The molecule has 0 aliphatic rings. The molecule has 33 heavy (non-hydrogen) atoms. The number of anilines is 1. The van der Waals surface area contributed by atoms with Crippen molar-refractivity contribution in [3.8, 4) is 0 Å². The number of Topliss-reactive ketones (excluding diaryl/α,β-unsaturated/α-hetero) is 1. The van der Waals surface area contributed by atoms with Crippen molar-refractivity contribution in [1.29, 1.82) is 0 Å². The summed E-state index contributed by atoms with van der Waals surface area (Å²) in [5, 5.41) is 12.8. The van der Waals surface area contributed by atoms with Crippen LogP contribution in [0.25, 0.3) is 0 Å². The van der Waals surface area contributed by atoms with Crippen LogP contribution in [0.4, 0.5) is 13.8 Å². The summed E-state index contributed by atoms with van der Waals surface area (Å²) >= 11 is 0.789. The molecular weight excluding hydrogens is 474 g/mol. The van der Waals surface area contributed by atoms with E-state index in [-0.39, 0.29) is 26.9 Å². The Kier molecular flexibility index (Phi) is 7.38. The van der Waals surface area contributed by atoms with Gasteiger partial charge in [0.2, 0.25) is 10.0 Å². The quantitative estimate of drug-likeness (QED) is 0.463. The van der Waals surface area contributed by atoms with Crippen molar-refractivity contribution < 1.29 is 31.9 Å². The van der Waals surface area contributed by atoms with Crippen molar-refractivity contribution in [1.82, 2.24) is 4.31 Å². The number of aliphatic hydroxyl groups is 1. The van der Waals surface area contributed by atoms with Crippen LogP contribution >= 0.6 is 11.3 Å². The zero-order valence-corrected chi connectivity index (χ0v) is 19.2. The molecule has 0 radical (unpaired) electrons. The van der Waals surface area contributed by atoms with Gasteiger partial charge in [-0.2, -0.15) is 4.31 Å². The number of ketones is 1. The molecule has 11 heteroatoms. The van der Waals surface area contributed by atoms with Crippen molar-refractivity contribution in [2.75, 3.05) is 18.9 Å². The van der Waals surface area contributed by atoms with Crippen molar-refractivity contribution in [3.63, 3.8) is 0 Å². The maximum absolute atomic E-state index is 13.2. The van der Waals surface area contributed by atoms with Crippen LogP contribution < -0.4 is 5.32 Å². The molecule has 2 aromatic carbocycles. The third-order valence-electron chi connectivity index (χ3n) is 4.75. The van der Waals surface area contributed by atoms with E-state index < -0.39 is 39.5 Å². The van der Waals surface area contributed by atoms with Gasteiger partial charge in [-0.05, 0) is 55.0 Å². The molecule has 1 atom stereocenters. The summed E-state index contributed by atoms with van der Waals surface area (Å²) in [6.07, 6.45) is -1.24. The summed E-state index contributed by atoms with van der Waals surface area (Å²) in [5.41, 5.74) is 0.413. The van der Waals surface area contributed by atoms with E-state index in [1.165, 1.54) is 38.2 Å². The lowest BCUT2D eigenvalue weighted by molar-refractivity contribution is 0.101. The fraction of sp³-hybridized carbons (Fsp3) is 0.182. The monoisotopic (exact) mass is 494 g/mol. The molecule has 2 N–H and O–H groups in total. The molecule has 1 unspecified atom stereocenters. The Labute approximate surface area is 193 Å². The largest absolute Gasteiger partial charge is 0.387 e. The van der Waals surface area contributed by atoms with Gasteiger partial charge in [-0.15, -0.1) is 11.3 Å². The van der Waals surface area contributed by atoms with Crippen LogP contribution in [-0.4, -0.2) is 43.1 Å². The number of sulfonamides is 1. The summed E-state index contributed by atoms with van der Waals surface area (Å²) in [7, 11) is -3.01. The SMILES string of the molecule is CC(=O)c1cc(S(=O)(=O)N(C)CC(O)c2ccc(F)cc2)c(NC(=O)c2ccc(F)cc2)s1. The van der Waals surface area contributed by atoms with E-state index in [2.05, 4.69) is 5.32 Å². The highest BCUT2D eigenvalue weighted by molar-refractivity contribution is 7.89. The van der Waals surface area contributed by atoms with Gasteiger partial charge in [0.05, 0.1) is 11.0 Å². The summed E-state index contributed by atoms with van der Waals surface area (Å²) < 4.78 is 53.6. The molecular formula is C22H20F2N2O5S2. The lowest BCUT2D eigenvalue weighted by Crippen LogP contribution is -2.31. The number of nitrogens with zero attached hydrogens (tertiary/aromatic N) is 1. The van der Waals surface area contributed by atoms with Gasteiger partial charge in [-0.25, -0.2) is 17.2 Å². The van der Waals surface area contributed by atoms with Crippen LogP contribution in [0.5, 0.6) is 0 Å². The van der Waals surface area contributed by atoms with E-state index in [0.717, 1.165) is 46.0 Å². The zero-order chi connectivity index (χ0) is 24.3. The highest BCUT2D eigenvalue weighted by Crippen LogP contribution is 2.34. The Morgan fingerprint density at radius 1 is 1.06 bits per heavy atom. The van der Waals surface area contributed by atoms with E-state index in [1.54, 1.807) is 0 Å². The van der Waals surface area contributed by atoms with Gasteiger partial charge in [0.1, 0.15) is 21.5 Å². The van der Waals surface area contributed by atoms with E-state index in [1.807, 2.05) is 0 Å². The number of hydrogen-bond donors (Lipinski definition) is 2. The smallest absolute Gasteiger partial charge is 0.256 e. The minimum Gasteiger partial charge on any atom is -0.387 e. The Bertz CT molecular complexity index is 1270. The fourth-order valence-electron chi connectivity index (χ4n) is 2.90. The fourth-order valence-corrected chi connectivity index (χ4v) is 5.49. The van der Waals surface area contributed by atoms with Crippen LogP contribution in [0.2, 0.25) is 0 Å². The first-order valence-corrected chi connectivity index (χ1v) is 11.9. The number of benzene rings is 2. The molecule has 0 saturated carbocycles. The van der Waals surface area contributed by atoms with Gasteiger partial charge < -0.3 is 10.4 Å². The average molecular weight is 495 g/mol. The van der Waals surface area contributed by atoms with Crippen LogP contribution in [0.3, 0.4) is 0 Å². The second-order valence-electron chi connectivity index (χ2n) is 7.17. The summed E-state index contributed by atoms with van der Waals surface area (Å²) in [6, 6.07) is 10.8. The van der Waals surface area contributed by atoms with E-state index in [9.17, 15) is 31.9 Å². The van der Waals surface area contributed by atoms with E-state index >= 15 is 0 Å².